The Kier molecular flexibility index (Phi) is 20.2. The molecule has 43 nitrogen and oxygen atoms in total. The minimum absolute atomic E-state index is 0.0388. The SMILES string of the molecule is COC[C@H]1O[C@@H](n2cnc3c(=O)[nH]c(N)nc32)[C@@H](OC)C1OP(=O)(O)OC[C@H]1O[C@@H](n2cnc3c(N)ncnc32)[C@@H](OC)C1OP(=O)(O)OC[C@H]1O[C@@H](n2ccc(N)nc2=O)[C@@H](OC)C1OP(=O)(O)OC[C@H]1O[C@@H](n2ccc(=O)[nH]c2=O)[C@@H](OC)C1OP(C)(=O)O. The van der Waals surface area contributed by atoms with Crippen molar-refractivity contribution in [3.05, 3.63) is 85.2 Å². The van der Waals surface area contributed by atoms with E-state index in [1.54, 1.807) is 0 Å². The van der Waals surface area contributed by atoms with Crippen LogP contribution in [0.15, 0.2) is 62.7 Å². The first-order valence-corrected chi connectivity index (χ1v) is 33.1. The summed E-state index contributed by atoms with van der Waals surface area (Å²) < 4.78 is 151. The number of nitrogen functional groups attached to an aromatic ring is 3. The van der Waals surface area contributed by atoms with E-state index in [9.17, 15) is 57.0 Å². The van der Waals surface area contributed by atoms with Crippen molar-refractivity contribution in [2.75, 3.05) is 85.8 Å². The molecule has 12 N–H and O–H groups in total. The van der Waals surface area contributed by atoms with Crippen LogP contribution in [0.25, 0.3) is 22.3 Å². The highest BCUT2D eigenvalue weighted by Gasteiger charge is 2.56. The molecule has 91 heavy (non-hydrogen) atoms. The van der Waals surface area contributed by atoms with Crippen molar-refractivity contribution in [2.24, 2.45) is 0 Å². The topological polar surface area (TPSA) is 572 Å². The first-order chi connectivity index (χ1) is 43.1. The van der Waals surface area contributed by atoms with E-state index in [4.69, 9.17) is 91.5 Å². The van der Waals surface area contributed by atoms with Gasteiger partial charge in [-0.25, -0.2) is 43.2 Å². The first kappa shape index (κ1) is 67.9. The van der Waals surface area contributed by atoms with E-state index in [1.165, 1.54) is 42.1 Å². The molecule has 10 heterocycles. The van der Waals surface area contributed by atoms with Crippen LogP contribution in [-0.4, -0.2) is 220 Å². The number of phosphoric ester groups is 3. The third-order valence-electron chi connectivity index (χ3n) is 14.5. The van der Waals surface area contributed by atoms with Gasteiger partial charge in [0.05, 0.1) is 39.1 Å². The Labute approximate surface area is 509 Å². The maximum absolute atomic E-state index is 14.5. The number of anilines is 3. The van der Waals surface area contributed by atoms with Gasteiger partial charge in [-0.1, -0.05) is 0 Å². The third-order valence-corrected chi connectivity index (χ3v) is 18.1. The second kappa shape index (κ2) is 27.1. The van der Waals surface area contributed by atoms with Gasteiger partial charge in [0.2, 0.25) is 5.95 Å². The summed E-state index contributed by atoms with van der Waals surface area (Å²) in [4.78, 5) is 124. The van der Waals surface area contributed by atoms with Gasteiger partial charge in [-0.15, -0.1) is 0 Å². The Balaban J connectivity index is 0.898. The van der Waals surface area contributed by atoms with Crippen molar-refractivity contribution >= 4 is 71.0 Å². The van der Waals surface area contributed by atoms with Crippen LogP contribution in [0.2, 0.25) is 0 Å². The molecule has 4 saturated heterocycles. The summed E-state index contributed by atoms with van der Waals surface area (Å²) in [6.45, 7) is -2.61. The molecule has 0 aliphatic carbocycles. The number of fused-ring (bicyclic) bond motifs is 2. The van der Waals surface area contributed by atoms with Crippen molar-refractivity contribution < 1.29 is 112 Å². The zero-order valence-corrected chi connectivity index (χ0v) is 51.8. The highest BCUT2D eigenvalue weighted by atomic mass is 31.2. The van der Waals surface area contributed by atoms with Crippen LogP contribution in [0.5, 0.6) is 0 Å². The Morgan fingerprint density at radius 2 is 0.967 bits per heavy atom. The first-order valence-electron chi connectivity index (χ1n) is 26.6. The molecule has 6 aromatic rings. The minimum atomic E-state index is -5.63. The molecule has 8 unspecified atom stereocenters. The summed E-state index contributed by atoms with van der Waals surface area (Å²) >= 11 is 0. The number of ether oxygens (including phenoxy) is 9. The maximum atomic E-state index is 14.5. The summed E-state index contributed by atoms with van der Waals surface area (Å²) in [6, 6.07) is 2.15. The highest BCUT2D eigenvalue weighted by molar-refractivity contribution is 7.52. The fourth-order valence-electron chi connectivity index (χ4n) is 10.7. The molecular formula is C44H61N15O28P4. The predicted molar refractivity (Wildman–Crippen MR) is 300 cm³/mol. The van der Waals surface area contributed by atoms with Crippen molar-refractivity contribution in [3.63, 3.8) is 0 Å². The van der Waals surface area contributed by atoms with Gasteiger partial charge in [0.25, 0.3) is 11.1 Å². The molecule has 4 fully saturated rings. The number of rotatable bonds is 27. The minimum Gasteiger partial charge on any atom is -0.383 e. The number of nitrogens with two attached hydrogens (primary N) is 3. The number of methoxy groups -OCH3 is 5. The van der Waals surface area contributed by atoms with Crippen molar-refractivity contribution in [1.29, 1.82) is 0 Å². The molecule has 10 rings (SSSR count). The fraction of sp³-hybridized carbons (Fsp3) is 0.591. The molecule has 4 aliphatic heterocycles. The van der Waals surface area contributed by atoms with Gasteiger partial charge < -0.3 is 79.4 Å². The quantitative estimate of drug-likeness (QED) is 0.0241. The molecule has 500 valence electrons. The molecule has 0 saturated carbocycles. The summed E-state index contributed by atoms with van der Waals surface area (Å²) in [5.74, 6) is -0.547. The van der Waals surface area contributed by atoms with Crippen molar-refractivity contribution in [2.45, 2.75) is 98.2 Å². The number of nitrogens with one attached hydrogen (secondary N) is 2. The van der Waals surface area contributed by atoms with Gasteiger partial charge in [-0.05, 0) is 6.07 Å². The second-order valence-corrected chi connectivity index (χ2v) is 26.3. The van der Waals surface area contributed by atoms with Crippen LogP contribution >= 0.6 is 31.1 Å². The number of aromatic amines is 2. The van der Waals surface area contributed by atoms with E-state index in [0.29, 0.717) is 0 Å². The lowest BCUT2D eigenvalue weighted by molar-refractivity contribution is -0.0678. The lowest BCUT2D eigenvalue weighted by atomic mass is 10.1. The van der Waals surface area contributed by atoms with Crippen LogP contribution < -0.4 is 39.7 Å². The number of hydrogen-bond donors (Lipinski definition) is 9. The van der Waals surface area contributed by atoms with Gasteiger partial charge in [-0.3, -0.25) is 74.1 Å². The molecular weight excluding hydrogens is 1310 g/mol. The Morgan fingerprint density at radius 1 is 0.527 bits per heavy atom. The van der Waals surface area contributed by atoms with Crippen LogP contribution in [-0.2, 0) is 92.6 Å². The molecule has 0 radical (unpaired) electrons. The van der Waals surface area contributed by atoms with Crippen molar-refractivity contribution in [3.8, 4) is 0 Å². The average Bonchev–Trinajstić information content (AvgIpc) is 1.65. The van der Waals surface area contributed by atoms with E-state index in [1.807, 2.05) is 4.98 Å². The lowest BCUT2D eigenvalue weighted by Gasteiger charge is -2.28. The van der Waals surface area contributed by atoms with Gasteiger partial charge in [0.1, 0.15) is 90.9 Å². The van der Waals surface area contributed by atoms with Gasteiger partial charge in [0, 0.05) is 60.7 Å². The molecule has 4 aliphatic rings. The molecule has 0 spiro atoms. The zero-order chi connectivity index (χ0) is 65.6. The average molecular weight is 1370 g/mol. The monoisotopic (exact) mass is 1370 g/mol. The van der Waals surface area contributed by atoms with Crippen LogP contribution in [0, 0.1) is 0 Å². The van der Waals surface area contributed by atoms with Gasteiger partial charge in [-0.2, -0.15) is 9.97 Å². The number of H-pyrrole nitrogens is 2. The Hall–Kier alpha value is -6.02. The maximum Gasteiger partial charge on any atom is 0.472 e. The normalized spacial score (nSPS) is 31.2. The molecule has 20 atom stereocenters. The third kappa shape index (κ3) is 14.5. The summed E-state index contributed by atoms with van der Waals surface area (Å²) in [5, 5.41) is 0. The van der Waals surface area contributed by atoms with Crippen molar-refractivity contribution in [1.82, 2.24) is 58.1 Å². The number of nitrogens with zero attached hydrogens (tertiary/aromatic N) is 10. The Bertz CT molecular complexity index is 4060. The number of imidazole rings is 2. The lowest BCUT2D eigenvalue weighted by Crippen LogP contribution is -2.40. The van der Waals surface area contributed by atoms with E-state index >= 15 is 0 Å². The van der Waals surface area contributed by atoms with Gasteiger partial charge >= 0.3 is 42.4 Å². The van der Waals surface area contributed by atoms with E-state index in [-0.39, 0.29) is 46.5 Å². The fourth-order valence-corrected chi connectivity index (χ4v) is 14.2. The highest BCUT2D eigenvalue weighted by Crippen LogP contribution is 2.55. The van der Waals surface area contributed by atoms with Gasteiger partial charge in [0.15, 0.2) is 47.5 Å². The number of aromatic nitrogens is 12. The van der Waals surface area contributed by atoms with Crippen LogP contribution in [0.3, 0.4) is 0 Å². The summed E-state index contributed by atoms with van der Waals surface area (Å²) in [7, 11) is -15.1. The van der Waals surface area contributed by atoms with Crippen LogP contribution in [0.1, 0.15) is 24.9 Å². The standard InChI is InChI=1S/C44H61N15O28P4/c1-72-11-18-27(32(75-4)41(80-18)59-17-51-25-36(59)54-42(47)55-37(25)61)85-89(66,67)79-14-21-29(33(76-5)40(83-21)58-16-50-24-34(46)48-15-49-35(24)58)87-91(70,71)78-13-20-28(31(74-3)39(82-20)56-9-7-22(45)52-43(56)62)86-90(68,69)77-12-19-26(84-88(6,64)65)30(73-2)38(81-19)57-10-8-23(60)53-44(57)63/h7-10,15-21,26-33,38-41H,11-14H2,1-6H3,(H,64,65)(H,66,67)(H,68,69)(H,70,71)(H2,45,52,62)(H2,46,48,49)(H,53,60,63)(H3,47,54,55,61)/t18-,19-,20-,21-,26?,27?,28?,29?,30+,31+,32+,33+,38-,39-,40-,41-/m1/s1. The molecule has 47 heteroatoms. The smallest absolute Gasteiger partial charge is 0.383 e. The zero-order valence-electron chi connectivity index (χ0n) is 48.2. The number of hydrogen-bond acceptors (Lipinski definition) is 33. The predicted octanol–water partition coefficient (Wildman–Crippen LogP) is -2.48. The van der Waals surface area contributed by atoms with E-state index in [0.717, 1.165) is 61.9 Å². The van der Waals surface area contributed by atoms with Crippen LogP contribution in [0.4, 0.5) is 17.6 Å². The molecule has 6 aromatic heterocycles. The summed E-state index contributed by atoms with van der Waals surface area (Å²) in [6.07, 6.45) is -19.2. The largest absolute Gasteiger partial charge is 0.472 e. The second-order valence-electron chi connectivity index (χ2n) is 20.3. The Morgan fingerprint density at radius 3 is 1.43 bits per heavy atom. The molecule has 0 bridgehead atoms. The number of phosphoric acid groups is 3. The van der Waals surface area contributed by atoms with E-state index in [2.05, 4.69) is 34.9 Å². The summed E-state index contributed by atoms with van der Waals surface area (Å²) in [5.41, 5.74) is 14.1. The van der Waals surface area contributed by atoms with E-state index < -0.39 is 172 Å². The molecule has 0 aromatic carbocycles. The molecule has 0 amide bonds.